The molecule has 3 aromatic rings. The number of likely N-dealkylation sites (tertiary alicyclic amines) is 1. The second kappa shape index (κ2) is 10.2. The smallest absolute Gasteiger partial charge is 0.250 e. The minimum absolute atomic E-state index is 0.244. The van der Waals surface area contributed by atoms with E-state index in [1.807, 2.05) is 30.3 Å². The van der Waals surface area contributed by atoms with Crippen LogP contribution >= 0.6 is 0 Å². The highest BCUT2D eigenvalue weighted by Gasteiger charge is 2.37. The number of pyridine rings is 1. The number of amides is 3. The highest BCUT2D eigenvalue weighted by Crippen LogP contribution is 2.25. The zero-order valence-corrected chi connectivity index (χ0v) is 19.3. The average molecular weight is 471 g/mol. The van der Waals surface area contributed by atoms with Gasteiger partial charge in [-0.05, 0) is 53.6 Å². The van der Waals surface area contributed by atoms with Crippen molar-refractivity contribution in [3.8, 4) is 6.07 Å². The second-order valence-corrected chi connectivity index (χ2v) is 8.53. The Morgan fingerprint density at radius 2 is 1.97 bits per heavy atom. The van der Waals surface area contributed by atoms with Crippen molar-refractivity contribution < 1.29 is 14.4 Å². The minimum Gasteiger partial charge on any atom is -0.383 e. The molecule has 9 heteroatoms. The van der Waals surface area contributed by atoms with Crippen LogP contribution in [0.25, 0.3) is 10.8 Å². The summed E-state index contributed by atoms with van der Waals surface area (Å²) >= 11 is 0. The first-order valence-electron chi connectivity index (χ1n) is 11.4. The summed E-state index contributed by atoms with van der Waals surface area (Å²) < 4.78 is 0. The van der Waals surface area contributed by atoms with Crippen molar-refractivity contribution in [1.82, 2.24) is 20.5 Å². The molecular formula is C26H26N6O3. The summed E-state index contributed by atoms with van der Waals surface area (Å²) in [6.07, 6.45) is 2.87. The normalized spacial score (nSPS) is 15.9. The van der Waals surface area contributed by atoms with Crippen molar-refractivity contribution in [3.63, 3.8) is 0 Å². The molecule has 2 aromatic carbocycles. The fraction of sp³-hybridized carbons (Fsp3) is 0.269. The van der Waals surface area contributed by atoms with Crippen LogP contribution in [0.3, 0.4) is 0 Å². The largest absolute Gasteiger partial charge is 0.383 e. The third-order valence-corrected chi connectivity index (χ3v) is 6.13. The van der Waals surface area contributed by atoms with E-state index in [0.717, 1.165) is 16.3 Å². The van der Waals surface area contributed by atoms with Crippen molar-refractivity contribution in [2.24, 2.45) is 0 Å². The van der Waals surface area contributed by atoms with Gasteiger partial charge in [-0.3, -0.25) is 14.4 Å². The van der Waals surface area contributed by atoms with E-state index in [0.29, 0.717) is 42.9 Å². The molecule has 0 spiro atoms. The molecule has 9 nitrogen and oxygen atoms in total. The number of benzene rings is 2. The Morgan fingerprint density at radius 3 is 2.69 bits per heavy atom. The highest BCUT2D eigenvalue weighted by atomic mass is 16.2. The number of hydrogen-bond donors (Lipinski definition) is 3. The van der Waals surface area contributed by atoms with Crippen molar-refractivity contribution in [2.75, 3.05) is 12.3 Å². The Kier molecular flexibility index (Phi) is 6.92. The second-order valence-electron chi connectivity index (χ2n) is 8.53. The van der Waals surface area contributed by atoms with E-state index in [9.17, 15) is 14.4 Å². The zero-order chi connectivity index (χ0) is 24.9. The van der Waals surface area contributed by atoms with Gasteiger partial charge in [0.25, 0.3) is 0 Å². The van der Waals surface area contributed by atoms with E-state index >= 15 is 0 Å². The molecule has 1 aromatic heterocycles. The topological polar surface area (TPSA) is 141 Å². The molecule has 0 radical (unpaired) electrons. The minimum atomic E-state index is -0.937. The van der Waals surface area contributed by atoms with Gasteiger partial charge < -0.3 is 21.3 Å². The Morgan fingerprint density at radius 1 is 1.20 bits per heavy atom. The summed E-state index contributed by atoms with van der Waals surface area (Å²) in [4.78, 5) is 44.0. The maximum Gasteiger partial charge on any atom is 0.250 e. The fourth-order valence-electron chi connectivity index (χ4n) is 4.38. The molecule has 178 valence electrons. The van der Waals surface area contributed by atoms with Crippen LogP contribution in [0.4, 0.5) is 5.82 Å². The van der Waals surface area contributed by atoms with Gasteiger partial charge in [0, 0.05) is 31.6 Å². The molecule has 1 saturated heterocycles. The average Bonchev–Trinajstić information content (AvgIpc) is 3.36. The number of nitrogens with zero attached hydrogens (tertiary/aromatic N) is 3. The Labute approximate surface area is 202 Å². The van der Waals surface area contributed by atoms with Crippen LogP contribution in [-0.2, 0) is 20.9 Å². The first-order chi connectivity index (χ1) is 16.9. The summed E-state index contributed by atoms with van der Waals surface area (Å²) in [6, 6.07) is 14.5. The first kappa shape index (κ1) is 23.7. The van der Waals surface area contributed by atoms with Gasteiger partial charge >= 0.3 is 0 Å². The van der Waals surface area contributed by atoms with Crippen LogP contribution in [0.2, 0.25) is 0 Å². The van der Waals surface area contributed by atoms with E-state index in [-0.39, 0.29) is 17.7 Å². The summed E-state index contributed by atoms with van der Waals surface area (Å²) in [5.41, 5.74) is 7.82. The van der Waals surface area contributed by atoms with Crippen LogP contribution in [0, 0.1) is 11.3 Å². The number of nitrogen functional groups attached to an aromatic ring is 1. The first-order valence-corrected chi connectivity index (χ1v) is 11.4. The molecule has 3 amide bonds. The number of aromatic nitrogens is 1. The van der Waals surface area contributed by atoms with E-state index in [4.69, 9.17) is 11.0 Å². The van der Waals surface area contributed by atoms with Crippen LogP contribution in [0.5, 0.6) is 0 Å². The number of hydrogen-bond acceptors (Lipinski definition) is 6. The molecule has 4 N–H and O–H groups in total. The van der Waals surface area contributed by atoms with Gasteiger partial charge in [0.15, 0.2) is 0 Å². The molecule has 4 rings (SSSR count). The van der Waals surface area contributed by atoms with E-state index < -0.39 is 12.1 Å². The lowest BCUT2D eigenvalue weighted by Gasteiger charge is -2.28. The van der Waals surface area contributed by atoms with Crippen LogP contribution in [-0.4, -0.2) is 40.2 Å². The summed E-state index contributed by atoms with van der Waals surface area (Å²) in [6.45, 7) is 2.07. The quantitative estimate of drug-likeness (QED) is 0.504. The van der Waals surface area contributed by atoms with E-state index in [2.05, 4.69) is 15.6 Å². The molecule has 0 aliphatic carbocycles. The molecule has 2 atom stereocenters. The van der Waals surface area contributed by atoms with Crippen molar-refractivity contribution in [3.05, 3.63) is 71.4 Å². The lowest BCUT2D eigenvalue weighted by molar-refractivity contribution is -0.141. The van der Waals surface area contributed by atoms with E-state index in [1.54, 1.807) is 30.5 Å². The number of nitriles is 1. The van der Waals surface area contributed by atoms with Gasteiger partial charge in [0.05, 0.1) is 11.6 Å². The number of carbonyl (C=O) groups is 3. The molecule has 1 fully saturated rings. The van der Waals surface area contributed by atoms with Crippen molar-refractivity contribution in [1.29, 1.82) is 5.26 Å². The van der Waals surface area contributed by atoms with Crippen LogP contribution in [0.15, 0.2) is 54.7 Å². The van der Waals surface area contributed by atoms with Gasteiger partial charge in [-0.15, -0.1) is 0 Å². The summed E-state index contributed by atoms with van der Waals surface area (Å²) in [5, 5.41) is 16.4. The van der Waals surface area contributed by atoms with Gasteiger partial charge in [-0.1, -0.05) is 24.3 Å². The summed E-state index contributed by atoms with van der Waals surface area (Å²) in [5.74, 6) is -0.503. The SMILES string of the molecule is CC(=O)NC(C(=O)N1CCCC1C(=O)NCc1ccc2c(N)nccc2c1)c1ccc(C#N)cc1. The Hall–Kier alpha value is -4.45. The van der Waals surface area contributed by atoms with Crippen molar-refractivity contribution in [2.45, 2.75) is 38.4 Å². The molecule has 0 bridgehead atoms. The lowest BCUT2D eigenvalue weighted by Crippen LogP contribution is -2.49. The molecule has 2 unspecified atom stereocenters. The van der Waals surface area contributed by atoms with Gasteiger partial charge in [0.1, 0.15) is 17.9 Å². The number of nitrogens with one attached hydrogen (secondary N) is 2. The number of rotatable bonds is 6. The lowest BCUT2D eigenvalue weighted by atomic mass is 10.0. The third kappa shape index (κ3) is 5.22. The predicted octanol–water partition coefficient (Wildman–Crippen LogP) is 2.17. The zero-order valence-electron chi connectivity index (χ0n) is 19.3. The Balaban J connectivity index is 1.47. The fourth-order valence-corrected chi connectivity index (χ4v) is 4.38. The van der Waals surface area contributed by atoms with Gasteiger partial charge in [-0.25, -0.2) is 4.98 Å². The third-order valence-electron chi connectivity index (χ3n) is 6.13. The Bertz CT molecular complexity index is 1310. The molecule has 0 saturated carbocycles. The molecule has 1 aliphatic heterocycles. The standard InChI is InChI=1S/C26H26N6O3/c1-16(33)31-23(19-7-4-17(14-27)5-8-19)26(35)32-12-2-3-22(32)25(34)30-15-18-6-9-21-20(13-18)10-11-29-24(21)28/h4-11,13,22-23H,2-3,12,15H2,1H3,(H2,28,29)(H,30,34)(H,31,33). The maximum absolute atomic E-state index is 13.5. The molecule has 35 heavy (non-hydrogen) atoms. The molecule has 2 heterocycles. The number of fused-ring (bicyclic) bond motifs is 1. The molecular weight excluding hydrogens is 444 g/mol. The number of anilines is 1. The van der Waals surface area contributed by atoms with Crippen LogP contribution in [0.1, 0.15) is 42.5 Å². The summed E-state index contributed by atoms with van der Waals surface area (Å²) in [7, 11) is 0. The number of carbonyl (C=O) groups excluding carboxylic acids is 3. The van der Waals surface area contributed by atoms with Crippen LogP contribution < -0.4 is 16.4 Å². The van der Waals surface area contributed by atoms with Crippen molar-refractivity contribution >= 4 is 34.3 Å². The van der Waals surface area contributed by atoms with Gasteiger partial charge in [-0.2, -0.15) is 5.26 Å². The predicted molar refractivity (Wildman–Crippen MR) is 130 cm³/mol. The highest BCUT2D eigenvalue weighted by molar-refractivity contribution is 5.93. The number of nitrogens with two attached hydrogens (primary N) is 1. The molecule has 1 aliphatic rings. The van der Waals surface area contributed by atoms with E-state index in [1.165, 1.54) is 11.8 Å². The maximum atomic E-state index is 13.5. The monoisotopic (exact) mass is 470 g/mol. The van der Waals surface area contributed by atoms with Gasteiger partial charge in [0.2, 0.25) is 17.7 Å².